The van der Waals surface area contributed by atoms with E-state index in [-0.39, 0.29) is 11.2 Å². The molecule has 1 atom stereocenters. The molecular weight excluding hydrogens is 300 g/mol. The quantitative estimate of drug-likeness (QED) is 0.766. The van der Waals surface area contributed by atoms with E-state index in [0.29, 0.717) is 0 Å². The third-order valence-corrected chi connectivity index (χ3v) is 5.33. The zero-order valence-electron chi connectivity index (χ0n) is 10.3. The van der Waals surface area contributed by atoms with Crippen molar-refractivity contribution in [1.29, 1.82) is 0 Å². The van der Waals surface area contributed by atoms with Gasteiger partial charge >= 0.3 is 0 Å². The lowest BCUT2D eigenvalue weighted by Crippen LogP contribution is -2.22. The first kappa shape index (κ1) is 14.3. The number of anilines is 1. The number of thiophene rings is 1. The number of aromatic nitrogens is 2. The lowest BCUT2D eigenvalue weighted by molar-refractivity contribution is -0.117. The maximum absolute atomic E-state index is 11.0. The number of hydrogen-bond donors (Lipinski definition) is 2. The summed E-state index contributed by atoms with van der Waals surface area (Å²) in [7, 11) is 0. The predicted molar refractivity (Wildman–Crippen MR) is 80.9 cm³/mol. The summed E-state index contributed by atoms with van der Waals surface area (Å²) in [5, 5.41) is 13.8. The highest BCUT2D eigenvalue weighted by Gasteiger charge is 2.13. The van der Waals surface area contributed by atoms with E-state index in [1.165, 1.54) is 28.0 Å². The van der Waals surface area contributed by atoms with Crippen molar-refractivity contribution < 1.29 is 4.79 Å². The van der Waals surface area contributed by atoms with E-state index in [9.17, 15) is 4.79 Å². The van der Waals surface area contributed by atoms with Crippen molar-refractivity contribution in [2.45, 2.75) is 22.9 Å². The Morgan fingerprint density at radius 3 is 3.11 bits per heavy atom. The number of nitrogens with zero attached hydrogens (tertiary/aromatic N) is 2. The number of nitrogens with two attached hydrogens (primary N) is 1. The van der Waals surface area contributed by atoms with E-state index in [4.69, 9.17) is 5.73 Å². The first-order valence-corrected chi connectivity index (χ1v) is 8.28. The van der Waals surface area contributed by atoms with E-state index in [2.05, 4.69) is 27.0 Å². The minimum Gasteiger partial charge on any atom is -0.369 e. The maximum atomic E-state index is 11.0. The van der Waals surface area contributed by atoms with Gasteiger partial charge in [0.1, 0.15) is 0 Å². The van der Waals surface area contributed by atoms with Crippen LogP contribution in [0.5, 0.6) is 0 Å². The molecule has 8 heteroatoms. The maximum Gasteiger partial charge on any atom is 0.230 e. The van der Waals surface area contributed by atoms with Gasteiger partial charge in [0.25, 0.3) is 0 Å². The molecule has 0 spiro atoms. The molecule has 0 unspecified atom stereocenters. The Balaban J connectivity index is 1.79. The van der Waals surface area contributed by atoms with Crippen molar-refractivity contribution in [2.75, 3.05) is 11.9 Å². The van der Waals surface area contributed by atoms with Gasteiger partial charge in [0.05, 0.1) is 5.25 Å². The molecule has 1 amide bonds. The summed E-state index contributed by atoms with van der Waals surface area (Å²) in [5.74, 6) is -0.340. The second-order valence-electron chi connectivity index (χ2n) is 3.79. The molecule has 0 fully saturated rings. The minimum absolute atomic E-state index is 0.285. The van der Waals surface area contributed by atoms with Crippen LogP contribution in [0.4, 0.5) is 5.13 Å². The fourth-order valence-corrected chi connectivity index (χ4v) is 3.87. The Bertz CT molecular complexity index is 526. The smallest absolute Gasteiger partial charge is 0.230 e. The summed E-state index contributed by atoms with van der Waals surface area (Å²) in [6.45, 7) is 2.59. The molecule has 0 aliphatic heterocycles. The molecule has 3 N–H and O–H groups in total. The first-order chi connectivity index (χ1) is 9.15. The Morgan fingerprint density at radius 1 is 1.58 bits per heavy atom. The van der Waals surface area contributed by atoms with Crippen molar-refractivity contribution in [2.24, 2.45) is 5.73 Å². The molecule has 0 saturated carbocycles. The molecule has 0 aromatic carbocycles. The highest BCUT2D eigenvalue weighted by atomic mass is 32.2. The average molecular weight is 314 g/mol. The summed E-state index contributed by atoms with van der Waals surface area (Å²) in [6, 6.07) is 4.16. The number of nitrogens with one attached hydrogen (secondary N) is 1. The third kappa shape index (κ3) is 4.48. The summed E-state index contributed by atoms with van der Waals surface area (Å²) >= 11 is 4.52. The fourth-order valence-electron chi connectivity index (χ4n) is 1.29. The van der Waals surface area contributed by atoms with Gasteiger partial charge in [-0.05, 0) is 24.8 Å². The predicted octanol–water partition coefficient (Wildman–Crippen LogP) is 2.22. The van der Waals surface area contributed by atoms with Crippen LogP contribution in [0.2, 0.25) is 0 Å². The molecular formula is C11H14N4OS3. The van der Waals surface area contributed by atoms with Crippen LogP contribution in [-0.2, 0) is 11.2 Å². The zero-order valence-corrected chi connectivity index (χ0v) is 12.8. The molecule has 0 aliphatic carbocycles. The zero-order chi connectivity index (χ0) is 13.7. The Morgan fingerprint density at radius 2 is 2.42 bits per heavy atom. The van der Waals surface area contributed by atoms with Gasteiger partial charge in [-0.2, -0.15) is 0 Å². The number of carbonyl (C=O) groups is 1. The molecule has 2 aromatic heterocycles. The average Bonchev–Trinajstić information content (AvgIpc) is 3.01. The van der Waals surface area contributed by atoms with Crippen molar-refractivity contribution in [3.8, 4) is 0 Å². The van der Waals surface area contributed by atoms with Gasteiger partial charge < -0.3 is 11.1 Å². The topological polar surface area (TPSA) is 80.9 Å². The third-order valence-electron chi connectivity index (χ3n) is 2.31. The van der Waals surface area contributed by atoms with Crippen molar-refractivity contribution in [1.82, 2.24) is 10.2 Å². The van der Waals surface area contributed by atoms with Crippen LogP contribution in [0.15, 0.2) is 21.9 Å². The van der Waals surface area contributed by atoms with Crippen LogP contribution in [0.25, 0.3) is 0 Å². The van der Waals surface area contributed by atoms with Crippen LogP contribution >= 0.6 is 34.4 Å². The SMILES string of the molecule is C[C@@H](Sc1nnc(NCCc2cccs2)s1)C(N)=O. The molecule has 0 bridgehead atoms. The second-order valence-corrected chi connectivity index (χ2v) is 7.39. The van der Waals surface area contributed by atoms with Crippen LogP contribution in [-0.4, -0.2) is 27.9 Å². The number of primary amides is 1. The van der Waals surface area contributed by atoms with Crippen LogP contribution in [0, 0.1) is 0 Å². The molecule has 19 heavy (non-hydrogen) atoms. The van der Waals surface area contributed by atoms with Gasteiger partial charge in [-0.25, -0.2) is 0 Å². The van der Waals surface area contributed by atoms with Gasteiger partial charge in [0.15, 0.2) is 4.34 Å². The highest BCUT2D eigenvalue weighted by molar-refractivity contribution is 8.02. The van der Waals surface area contributed by atoms with E-state index in [1.54, 1.807) is 18.3 Å². The molecule has 2 aromatic rings. The number of carbonyl (C=O) groups excluding carboxylic acids is 1. The van der Waals surface area contributed by atoms with Crippen molar-refractivity contribution >= 4 is 45.5 Å². The molecule has 2 rings (SSSR count). The van der Waals surface area contributed by atoms with Crippen molar-refractivity contribution in [3.63, 3.8) is 0 Å². The number of hydrogen-bond acceptors (Lipinski definition) is 7. The van der Waals surface area contributed by atoms with Crippen molar-refractivity contribution in [3.05, 3.63) is 22.4 Å². The summed E-state index contributed by atoms with van der Waals surface area (Å²) in [5.41, 5.74) is 5.21. The molecule has 0 aliphatic rings. The van der Waals surface area contributed by atoms with Crippen LogP contribution in [0.1, 0.15) is 11.8 Å². The number of rotatable bonds is 7. The summed E-state index contributed by atoms with van der Waals surface area (Å²) in [4.78, 5) is 12.3. The monoisotopic (exact) mass is 314 g/mol. The highest BCUT2D eigenvalue weighted by Crippen LogP contribution is 2.28. The molecule has 102 valence electrons. The lowest BCUT2D eigenvalue weighted by atomic mass is 10.3. The standard InChI is InChI=1S/C11H14N4OS3/c1-7(9(12)16)18-11-15-14-10(19-11)13-5-4-8-3-2-6-17-8/h2-3,6-7H,4-5H2,1H3,(H2,12,16)(H,13,14)/t7-/m1/s1. The molecule has 0 saturated heterocycles. The number of thioether (sulfide) groups is 1. The Labute approximate surface area is 123 Å². The van der Waals surface area contributed by atoms with Crippen LogP contribution < -0.4 is 11.1 Å². The first-order valence-electron chi connectivity index (χ1n) is 5.71. The van der Waals surface area contributed by atoms with E-state index in [0.717, 1.165) is 22.4 Å². The van der Waals surface area contributed by atoms with Crippen LogP contribution in [0.3, 0.4) is 0 Å². The second kappa shape index (κ2) is 6.88. The van der Waals surface area contributed by atoms with Gasteiger partial charge in [0, 0.05) is 11.4 Å². The summed E-state index contributed by atoms with van der Waals surface area (Å²) in [6.07, 6.45) is 0.970. The normalized spacial score (nSPS) is 12.3. The van der Waals surface area contributed by atoms with Gasteiger partial charge in [-0.3, -0.25) is 4.79 Å². The van der Waals surface area contributed by atoms with Gasteiger partial charge in [0.2, 0.25) is 11.0 Å². The minimum atomic E-state index is -0.340. The Hall–Kier alpha value is -1.12. The molecule has 5 nitrogen and oxygen atoms in total. The van der Waals surface area contributed by atoms with E-state index in [1.807, 2.05) is 6.07 Å². The fraction of sp³-hybridized carbons (Fsp3) is 0.364. The molecule has 0 radical (unpaired) electrons. The van der Waals surface area contributed by atoms with E-state index >= 15 is 0 Å². The largest absolute Gasteiger partial charge is 0.369 e. The van der Waals surface area contributed by atoms with E-state index < -0.39 is 0 Å². The summed E-state index contributed by atoms with van der Waals surface area (Å²) < 4.78 is 0.755. The lowest BCUT2D eigenvalue weighted by Gasteiger charge is -2.01. The number of amides is 1. The van der Waals surface area contributed by atoms with Gasteiger partial charge in [-0.1, -0.05) is 29.2 Å². The van der Waals surface area contributed by atoms with Gasteiger partial charge in [-0.15, -0.1) is 21.5 Å². The Kier molecular flexibility index (Phi) is 5.17. The molecule has 2 heterocycles.